The summed E-state index contributed by atoms with van der Waals surface area (Å²) in [6, 6.07) is 13.3. The molecule has 0 unspecified atom stereocenters. The van der Waals surface area contributed by atoms with Gasteiger partial charge in [-0.3, -0.25) is 9.36 Å². The largest absolute Gasteiger partial charge is 0.337 e. The van der Waals surface area contributed by atoms with Crippen molar-refractivity contribution < 1.29 is 4.79 Å². The number of benzene rings is 2. The molecule has 2 N–H and O–H groups in total. The molecule has 1 amide bonds. The molecule has 0 spiro atoms. The van der Waals surface area contributed by atoms with Gasteiger partial charge in [0.1, 0.15) is 0 Å². The molecule has 23 heavy (non-hydrogen) atoms. The van der Waals surface area contributed by atoms with E-state index in [-0.39, 0.29) is 5.91 Å². The van der Waals surface area contributed by atoms with Gasteiger partial charge in [0.2, 0.25) is 0 Å². The van der Waals surface area contributed by atoms with Crippen LogP contribution in [0, 0.1) is 15.3 Å². The third-order valence-corrected chi connectivity index (χ3v) is 5.21. The number of hydrogen-bond acceptors (Lipinski definition) is 2. The van der Waals surface area contributed by atoms with Gasteiger partial charge in [-0.25, -0.2) is 0 Å². The molecule has 6 heteroatoms. The average molecular weight is 435 g/mol. The summed E-state index contributed by atoms with van der Waals surface area (Å²) >= 11 is 7.43. The van der Waals surface area contributed by atoms with Gasteiger partial charge in [0.05, 0.1) is 5.56 Å². The predicted octanol–water partition coefficient (Wildman–Crippen LogP) is 4.70. The molecule has 0 bridgehead atoms. The fraction of sp³-hybridized carbons (Fsp3) is 0.0588. The van der Waals surface area contributed by atoms with E-state index in [0.717, 1.165) is 20.5 Å². The van der Waals surface area contributed by atoms with Gasteiger partial charge in [0.15, 0.2) is 4.77 Å². The lowest BCUT2D eigenvalue weighted by molar-refractivity contribution is 0.102. The first-order valence-corrected chi connectivity index (χ1v) is 8.48. The van der Waals surface area contributed by atoms with Crippen LogP contribution in [0.4, 0.5) is 5.69 Å². The van der Waals surface area contributed by atoms with Gasteiger partial charge in [0, 0.05) is 27.3 Å². The van der Waals surface area contributed by atoms with E-state index in [1.165, 1.54) is 0 Å². The number of nitrogens with zero attached hydrogens (tertiary/aromatic N) is 1. The van der Waals surface area contributed by atoms with Crippen molar-refractivity contribution in [2.24, 2.45) is 0 Å². The van der Waals surface area contributed by atoms with Crippen molar-refractivity contribution in [1.29, 1.82) is 0 Å². The normalized spacial score (nSPS) is 10.5. The van der Waals surface area contributed by atoms with Crippen LogP contribution in [-0.2, 0) is 0 Å². The lowest BCUT2D eigenvalue weighted by Gasteiger charge is -2.10. The Morgan fingerprint density at radius 2 is 2.04 bits per heavy atom. The number of carbonyl (C=O) groups is 1. The molecular formula is C17H14IN3OS. The zero-order chi connectivity index (χ0) is 16.4. The molecule has 0 fully saturated rings. The quantitative estimate of drug-likeness (QED) is 0.463. The fourth-order valence-corrected chi connectivity index (χ4v) is 3.12. The summed E-state index contributed by atoms with van der Waals surface area (Å²) in [6.07, 6.45) is 3.63. The van der Waals surface area contributed by atoms with E-state index in [2.05, 4.69) is 32.9 Å². The van der Waals surface area contributed by atoms with Crippen LogP contribution in [0.15, 0.2) is 54.9 Å². The van der Waals surface area contributed by atoms with E-state index in [1.54, 1.807) is 6.20 Å². The summed E-state index contributed by atoms with van der Waals surface area (Å²) in [5.74, 6) is -0.118. The first-order chi connectivity index (χ1) is 11.1. The molecule has 3 rings (SSSR count). The van der Waals surface area contributed by atoms with Crippen molar-refractivity contribution in [1.82, 2.24) is 9.55 Å². The van der Waals surface area contributed by atoms with Crippen molar-refractivity contribution in [3.05, 3.63) is 74.3 Å². The first-order valence-electron chi connectivity index (χ1n) is 6.99. The van der Waals surface area contributed by atoms with Crippen molar-refractivity contribution in [3.63, 3.8) is 0 Å². The third kappa shape index (κ3) is 3.37. The van der Waals surface area contributed by atoms with Gasteiger partial charge in [-0.2, -0.15) is 0 Å². The van der Waals surface area contributed by atoms with Crippen LogP contribution < -0.4 is 5.32 Å². The number of rotatable bonds is 3. The topological polar surface area (TPSA) is 49.8 Å². The van der Waals surface area contributed by atoms with Gasteiger partial charge in [0.25, 0.3) is 5.91 Å². The summed E-state index contributed by atoms with van der Waals surface area (Å²) < 4.78 is 3.43. The molecule has 0 radical (unpaired) electrons. The molecule has 4 nitrogen and oxygen atoms in total. The molecule has 3 aromatic rings. The van der Waals surface area contributed by atoms with Gasteiger partial charge in [-0.15, -0.1) is 0 Å². The number of halogens is 1. The number of H-pyrrole nitrogens is 1. The smallest absolute Gasteiger partial charge is 0.256 e. The summed E-state index contributed by atoms with van der Waals surface area (Å²) in [5.41, 5.74) is 3.39. The molecule has 0 saturated carbocycles. The summed E-state index contributed by atoms with van der Waals surface area (Å²) in [4.78, 5) is 15.5. The van der Waals surface area contributed by atoms with E-state index in [4.69, 9.17) is 12.2 Å². The Kier molecular flexibility index (Phi) is 4.63. The van der Waals surface area contributed by atoms with Crippen LogP contribution >= 0.6 is 34.8 Å². The van der Waals surface area contributed by atoms with Crippen molar-refractivity contribution in [3.8, 4) is 5.69 Å². The number of anilines is 1. The van der Waals surface area contributed by atoms with Crippen LogP contribution in [-0.4, -0.2) is 15.5 Å². The highest BCUT2D eigenvalue weighted by Crippen LogP contribution is 2.20. The Bertz CT molecular complexity index is 929. The Balaban J connectivity index is 1.89. The number of aromatic amines is 1. The molecule has 0 aliphatic rings. The third-order valence-electron chi connectivity index (χ3n) is 3.47. The lowest BCUT2D eigenvalue weighted by atomic mass is 10.1. The van der Waals surface area contributed by atoms with E-state index in [0.29, 0.717) is 10.3 Å². The second-order valence-corrected chi connectivity index (χ2v) is 6.54. The second-order valence-electron chi connectivity index (χ2n) is 5.08. The number of imidazole rings is 1. The van der Waals surface area contributed by atoms with Crippen LogP contribution in [0.3, 0.4) is 0 Å². The van der Waals surface area contributed by atoms with E-state index in [1.807, 2.05) is 60.2 Å². The number of aromatic nitrogens is 2. The molecule has 0 aliphatic heterocycles. The monoisotopic (exact) mass is 435 g/mol. The van der Waals surface area contributed by atoms with Gasteiger partial charge < -0.3 is 10.3 Å². The minimum Gasteiger partial charge on any atom is -0.337 e. The van der Waals surface area contributed by atoms with Crippen LogP contribution in [0.5, 0.6) is 0 Å². The molecule has 2 aromatic carbocycles. The van der Waals surface area contributed by atoms with E-state index < -0.39 is 0 Å². The van der Waals surface area contributed by atoms with Crippen LogP contribution in [0.1, 0.15) is 15.9 Å². The zero-order valence-corrected chi connectivity index (χ0v) is 15.3. The highest BCUT2D eigenvalue weighted by Gasteiger charge is 2.11. The maximum Gasteiger partial charge on any atom is 0.256 e. The van der Waals surface area contributed by atoms with Crippen molar-refractivity contribution in [2.45, 2.75) is 6.92 Å². The second kappa shape index (κ2) is 6.67. The van der Waals surface area contributed by atoms with E-state index >= 15 is 0 Å². The Labute approximate surface area is 152 Å². The standard InChI is InChI=1S/C17H14IN3OS/c1-11-4-2-7-14(15(11)18)16(22)20-12-5-3-6-13(10-12)21-9-8-19-17(21)23/h2-10H,1H3,(H,19,23)(H,20,22). The molecule has 0 aliphatic carbocycles. The molecule has 1 heterocycles. The number of carbonyl (C=O) groups excluding carboxylic acids is 1. The lowest BCUT2D eigenvalue weighted by Crippen LogP contribution is -2.14. The summed E-state index contributed by atoms with van der Waals surface area (Å²) in [6.45, 7) is 1.99. The van der Waals surface area contributed by atoms with Crippen LogP contribution in [0.25, 0.3) is 5.69 Å². The van der Waals surface area contributed by atoms with E-state index in [9.17, 15) is 4.79 Å². The molecule has 0 atom stereocenters. The zero-order valence-electron chi connectivity index (χ0n) is 12.3. The van der Waals surface area contributed by atoms with Crippen LogP contribution in [0.2, 0.25) is 0 Å². The Hall–Kier alpha value is -1.93. The van der Waals surface area contributed by atoms with Gasteiger partial charge in [-0.1, -0.05) is 18.2 Å². The fourth-order valence-electron chi connectivity index (χ4n) is 2.28. The first kappa shape index (κ1) is 15.9. The highest BCUT2D eigenvalue weighted by molar-refractivity contribution is 14.1. The predicted molar refractivity (Wildman–Crippen MR) is 103 cm³/mol. The summed E-state index contributed by atoms with van der Waals surface area (Å²) in [5, 5.41) is 2.95. The molecular weight excluding hydrogens is 421 g/mol. The number of amides is 1. The minimum atomic E-state index is -0.118. The Morgan fingerprint density at radius 3 is 2.78 bits per heavy atom. The SMILES string of the molecule is Cc1cccc(C(=O)Nc2cccc(-n3cc[nH]c3=S)c2)c1I. The Morgan fingerprint density at radius 1 is 1.26 bits per heavy atom. The number of nitrogens with one attached hydrogen (secondary N) is 2. The number of hydrogen-bond donors (Lipinski definition) is 2. The average Bonchev–Trinajstić information content (AvgIpc) is 2.96. The number of aryl methyl sites for hydroxylation is 1. The van der Waals surface area contributed by atoms with Gasteiger partial charge >= 0.3 is 0 Å². The van der Waals surface area contributed by atoms with Crippen molar-refractivity contribution in [2.75, 3.05) is 5.32 Å². The molecule has 0 saturated heterocycles. The van der Waals surface area contributed by atoms with Crippen molar-refractivity contribution >= 4 is 46.4 Å². The highest BCUT2D eigenvalue weighted by atomic mass is 127. The summed E-state index contributed by atoms with van der Waals surface area (Å²) in [7, 11) is 0. The maximum atomic E-state index is 12.5. The maximum absolute atomic E-state index is 12.5. The molecule has 1 aromatic heterocycles. The minimum absolute atomic E-state index is 0.118. The van der Waals surface area contributed by atoms with Gasteiger partial charge in [-0.05, 0) is 71.6 Å². The molecule has 116 valence electrons.